The zero-order valence-corrected chi connectivity index (χ0v) is 9.86. The number of carbonyl (C=O) groups excluding carboxylic acids is 2. The Morgan fingerprint density at radius 1 is 1.59 bits per heavy atom. The molecule has 1 aliphatic rings. The Morgan fingerprint density at radius 2 is 2.29 bits per heavy atom. The molecule has 2 amide bonds. The molecule has 96 valence electrons. The average molecular weight is 242 g/mol. The summed E-state index contributed by atoms with van der Waals surface area (Å²) in [5, 5.41) is 14.0. The minimum atomic E-state index is -1.03. The topological polar surface area (TPSA) is 95.5 Å². The molecule has 3 N–H and O–H groups in total. The fourth-order valence-corrected chi connectivity index (χ4v) is 1.84. The molecule has 0 aromatic heterocycles. The van der Waals surface area contributed by atoms with Crippen LogP contribution in [0.5, 0.6) is 0 Å². The predicted molar refractivity (Wildman–Crippen MR) is 60.2 cm³/mol. The summed E-state index contributed by atoms with van der Waals surface area (Å²) in [4.78, 5) is 33.8. The number of rotatable bonds is 5. The van der Waals surface area contributed by atoms with Crippen LogP contribution >= 0.6 is 0 Å². The summed E-state index contributed by atoms with van der Waals surface area (Å²) in [7, 11) is 0. The van der Waals surface area contributed by atoms with Gasteiger partial charge in [0.05, 0.1) is 0 Å². The summed E-state index contributed by atoms with van der Waals surface area (Å²) in [5.41, 5.74) is 0. The quantitative estimate of drug-likeness (QED) is 0.626. The van der Waals surface area contributed by atoms with Crippen molar-refractivity contribution in [1.82, 2.24) is 10.6 Å². The molecule has 1 fully saturated rings. The summed E-state index contributed by atoms with van der Waals surface area (Å²) >= 11 is 0. The van der Waals surface area contributed by atoms with E-state index in [-0.39, 0.29) is 18.2 Å². The second-order valence-corrected chi connectivity index (χ2v) is 4.23. The summed E-state index contributed by atoms with van der Waals surface area (Å²) < 4.78 is 0. The SMILES string of the molecule is CCCC(NC(=O)C1CCNC(=O)C1)C(=O)O. The van der Waals surface area contributed by atoms with Gasteiger partial charge in [-0.15, -0.1) is 0 Å². The first-order valence-corrected chi connectivity index (χ1v) is 5.84. The van der Waals surface area contributed by atoms with Gasteiger partial charge < -0.3 is 15.7 Å². The van der Waals surface area contributed by atoms with Gasteiger partial charge in [0.15, 0.2) is 0 Å². The van der Waals surface area contributed by atoms with Gasteiger partial charge in [-0.25, -0.2) is 4.79 Å². The highest BCUT2D eigenvalue weighted by Gasteiger charge is 2.28. The molecule has 0 saturated carbocycles. The molecule has 2 atom stereocenters. The van der Waals surface area contributed by atoms with Crippen molar-refractivity contribution in [2.75, 3.05) is 6.54 Å². The Kier molecular flexibility index (Phi) is 4.93. The lowest BCUT2D eigenvalue weighted by Gasteiger charge is -2.23. The van der Waals surface area contributed by atoms with E-state index in [1.165, 1.54) is 0 Å². The molecule has 6 heteroatoms. The minimum absolute atomic E-state index is 0.143. The molecule has 0 spiro atoms. The van der Waals surface area contributed by atoms with Gasteiger partial charge in [0.2, 0.25) is 11.8 Å². The maximum atomic E-state index is 11.8. The van der Waals surface area contributed by atoms with Crippen LogP contribution in [-0.2, 0) is 14.4 Å². The van der Waals surface area contributed by atoms with Gasteiger partial charge in [-0.05, 0) is 12.8 Å². The molecular formula is C11H18N2O4. The lowest BCUT2D eigenvalue weighted by atomic mass is 9.96. The summed E-state index contributed by atoms with van der Waals surface area (Å²) in [5.74, 6) is -1.91. The number of carboxylic acid groups (broad SMARTS) is 1. The van der Waals surface area contributed by atoms with Crippen molar-refractivity contribution >= 4 is 17.8 Å². The second kappa shape index (κ2) is 6.22. The predicted octanol–water partition coefficient (Wildman–Crippen LogP) is -0.118. The lowest BCUT2D eigenvalue weighted by molar-refractivity contribution is -0.143. The van der Waals surface area contributed by atoms with Crippen LogP contribution in [-0.4, -0.2) is 35.5 Å². The zero-order chi connectivity index (χ0) is 12.8. The van der Waals surface area contributed by atoms with Crippen LogP contribution in [0, 0.1) is 5.92 Å². The third-order valence-electron chi connectivity index (χ3n) is 2.81. The average Bonchev–Trinajstić information content (AvgIpc) is 2.28. The summed E-state index contributed by atoms with van der Waals surface area (Å²) in [6.07, 6.45) is 1.79. The Labute approximate surface area is 99.8 Å². The van der Waals surface area contributed by atoms with Gasteiger partial charge >= 0.3 is 5.97 Å². The first kappa shape index (κ1) is 13.5. The second-order valence-electron chi connectivity index (χ2n) is 4.23. The maximum absolute atomic E-state index is 11.8. The van der Waals surface area contributed by atoms with Gasteiger partial charge in [0, 0.05) is 18.9 Å². The van der Waals surface area contributed by atoms with Gasteiger partial charge in [-0.1, -0.05) is 13.3 Å². The zero-order valence-electron chi connectivity index (χ0n) is 9.86. The number of carboxylic acids is 1. The van der Waals surface area contributed by atoms with E-state index in [9.17, 15) is 14.4 Å². The third-order valence-corrected chi connectivity index (χ3v) is 2.81. The van der Waals surface area contributed by atoms with Crippen molar-refractivity contribution < 1.29 is 19.5 Å². The van der Waals surface area contributed by atoms with E-state index in [1.54, 1.807) is 0 Å². The van der Waals surface area contributed by atoms with E-state index in [0.717, 1.165) is 0 Å². The molecule has 2 unspecified atom stereocenters. The largest absolute Gasteiger partial charge is 0.480 e. The number of piperidine rings is 1. The Balaban J connectivity index is 2.51. The van der Waals surface area contributed by atoms with Gasteiger partial charge in [-0.2, -0.15) is 0 Å². The normalized spacial score (nSPS) is 21.5. The minimum Gasteiger partial charge on any atom is -0.480 e. The molecule has 6 nitrogen and oxygen atoms in total. The molecule has 0 aliphatic carbocycles. The van der Waals surface area contributed by atoms with E-state index >= 15 is 0 Å². The number of hydrogen-bond acceptors (Lipinski definition) is 3. The first-order valence-electron chi connectivity index (χ1n) is 5.84. The van der Waals surface area contributed by atoms with Gasteiger partial charge in [-0.3, -0.25) is 9.59 Å². The number of hydrogen-bond donors (Lipinski definition) is 3. The molecule has 17 heavy (non-hydrogen) atoms. The fourth-order valence-electron chi connectivity index (χ4n) is 1.84. The molecule has 1 heterocycles. The van der Waals surface area contributed by atoms with Crippen molar-refractivity contribution in [1.29, 1.82) is 0 Å². The van der Waals surface area contributed by atoms with Crippen LogP contribution in [0.25, 0.3) is 0 Å². The highest BCUT2D eigenvalue weighted by atomic mass is 16.4. The highest BCUT2D eigenvalue weighted by Crippen LogP contribution is 2.13. The Hall–Kier alpha value is -1.59. The van der Waals surface area contributed by atoms with Crippen molar-refractivity contribution in [3.05, 3.63) is 0 Å². The Morgan fingerprint density at radius 3 is 2.82 bits per heavy atom. The maximum Gasteiger partial charge on any atom is 0.326 e. The van der Waals surface area contributed by atoms with Crippen LogP contribution in [0.4, 0.5) is 0 Å². The molecule has 0 aromatic rings. The molecule has 0 bridgehead atoms. The summed E-state index contributed by atoms with van der Waals surface area (Å²) in [6, 6.07) is -0.850. The smallest absolute Gasteiger partial charge is 0.326 e. The van der Waals surface area contributed by atoms with E-state index < -0.39 is 17.9 Å². The number of carbonyl (C=O) groups is 3. The molecule has 1 saturated heterocycles. The number of nitrogens with one attached hydrogen (secondary N) is 2. The number of amides is 2. The van der Waals surface area contributed by atoms with E-state index in [4.69, 9.17) is 5.11 Å². The van der Waals surface area contributed by atoms with Crippen molar-refractivity contribution in [2.45, 2.75) is 38.6 Å². The molecule has 0 aromatic carbocycles. The standard InChI is InChI=1S/C11H18N2O4/c1-2-3-8(11(16)17)13-10(15)7-4-5-12-9(14)6-7/h7-8H,2-6H2,1H3,(H,12,14)(H,13,15)(H,16,17). The van der Waals surface area contributed by atoms with E-state index in [2.05, 4.69) is 10.6 Å². The van der Waals surface area contributed by atoms with E-state index in [1.807, 2.05) is 6.92 Å². The van der Waals surface area contributed by atoms with Crippen molar-refractivity contribution in [3.8, 4) is 0 Å². The first-order chi connectivity index (χ1) is 8.04. The van der Waals surface area contributed by atoms with Gasteiger partial charge in [0.25, 0.3) is 0 Å². The third kappa shape index (κ3) is 4.05. The molecule has 1 aliphatic heterocycles. The van der Waals surface area contributed by atoms with Crippen LogP contribution in [0.3, 0.4) is 0 Å². The van der Waals surface area contributed by atoms with Crippen LogP contribution in [0.15, 0.2) is 0 Å². The molecule has 1 rings (SSSR count). The van der Waals surface area contributed by atoms with E-state index in [0.29, 0.717) is 25.8 Å². The van der Waals surface area contributed by atoms with Crippen LogP contribution in [0.2, 0.25) is 0 Å². The van der Waals surface area contributed by atoms with Crippen molar-refractivity contribution in [2.24, 2.45) is 5.92 Å². The highest BCUT2D eigenvalue weighted by molar-refractivity contribution is 5.89. The Bertz CT molecular complexity index is 317. The monoisotopic (exact) mass is 242 g/mol. The fraction of sp³-hybridized carbons (Fsp3) is 0.727. The van der Waals surface area contributed by atoms with Crippen molar-refractivity contribution in [3.63, 3.8) is 0 Å². The number of aliphatic carboxylic acids is 1. The summed E-state index contributed by atoms with van der Waals surface area (Å²) in [6.45, 7) is 2.33. The van der Waals surface area contributed by atoms with Gasteiger partial charge in [0.1, 0.15) is 6.04 Å². The van der Waals surface area contributed by atoms with Crippen LogP contribution < -0.4 is 10.6 Å². The molecular weight excluding hydrogens is 224 g/mol. The lowest BCUT2D eigenvalue weighted by Crippen LogP contribution is -2.47. The molecule has 0 radical (unpaired) electrons. The van der Waals surface area contributed by atoms with Crippen LogP contribution in [0.1, 0.15) is 32.6 Å².